The zero-order valence-electron chi connectivity index (χ0n) is 12.9. The Morgan fingerprint density at radius 3 is 2.15 bits per heavy atom. The third kappa shape index (κ3) is 4.07. The number of aromatic nitrogens is 2. The lowest BCUT2D eigenvalue weighted by Gasteiger charge is -2.12. The van der Waals surface area contributed by atoms with E-state index >= 15 is 0 Å². The van der Waals surface area contributed by atoms with Crippen molar-refractivity contribution in [3.63, 3.8) is 0 Å². The number of halogens is 7. The van der Waals surface area contributed by atoms with E-state index in [9.17, 15) is 31.1 Å². The van der Waals surface area contributed by atoms with Crippen molar-refractivity contribution >= 4 is 26.8 Å². The molecule has 27 heavy (non-hydrogen) atoms. The number of benzene rings is 1. The first-order chi connectivity index (χ1) is 12.5. The van der Waals surface area contributed by atoms with Crippen LogP contribution in [0.1, 0.15) is 5.69 Å². The molecule has 0 aliphatic heterocycles. The number of nitrogens with zero attached hydrogens (tertiary/aromatic N) is 2. The van der Waals surface area contributed by atoms with Crippen LogP contribution in [0, 0.1) is 0 Å². The second-order valence-electron chi connectivity index (χ2n) is 5.28. The minimum Gasteiger partial charge on any atom is -0.406 e. The van der Waals surface area contributed by atoms with Gasteiger partial charge in [0.15, 0.2) is 0 Å². The highest BCUT2D eigenvalue weighted by Crippen LogP contribution is 2.30. The first-order valence-electron chi connectivity index (χ1n) is 7.11. The summed E-state index contributed by atoms with van der Waals surface area (Å²) < 4.78 is 79.9. The predicted molar refractivity (Wildman–Crippen MR) is 86.7 cm³/mol. The number of pyridine rings is 2. The molecular weight excluding hydrogens is 446 g/mol. The van der Waals surface area contributed by atoms with E-state index < -0.39 is 29.5 Å². The molecule has 0 bridgehead atoms. The van der Waals surface area contributed by atoms with Gasteiger partial charge in [0.05, 0.1) is 15.4 Å². The van der Waals surface area contributed by atoms with Gasteiger partial charge >= 0.3 is 12.5 Å². The van der Waals surface area contributed by atoms with E-state index in [0.717, 1.165) is 22.8 Å². The van der Waals surface area contributed by atoms with Crippen LogP contribution in [0.5, 0.6) is 5.75 Å². The monoisotopic (exact) mass is 452 g/mol. The van der Waals surface area contributed by atoms with Gasteiger partial charge in [-0.3, -0.25) is 9.36 Å². The highest BCUT2D eigenvalue weighted by molar-refractivity contribution is 9.10. The number of hydrogen-bond acceptors (Lipinski definition) is 3. The van der Waals surface area contributed by atoms with Crippen molar-refractivity contribution in [2.45, 2.75) is 12.5 Å². The lowest BCUT2D eigenvalue weighted by Crippen LogP contribution is -2.20. The topological polar surface area (TPSA) is 44.1 Å². The molecule has 0 unspecified atom stereocenters. The van der Waals surface area contributed by atoms with Crippen LogP contribution < -0.4 is 10.3 Å². The van der Waals surface area contributed by atoms with E-state index in [2.05, 4.69) is 25.7 Å². The van der Waals surface area contributed by atoms with Crippen molar-refractivity contribution in [2.24, 2.45) is 0 Å². The SMILES string of the molecule is O=c1c2ccc(C(F)(F)F)nc2c(Br)cn1-c1ccc(OC(F)(F)F)cc1. The summed E-state index contributed by atoms with van der Waals surface area (Å²) in [6.45, 7) is 0. The molecule has 0 saturated heterocycles. The van der Waals surface area contributed by atoms with Crippen molar-refractivity contribution < 1.29 is 31.1 Å². The molecule has 4 nitrogen and oxygen atoms in total. The van der Waals surface area contributed by atoms with Gasteiger partial charge in [-0.2, -0.15) is 13.2 Å². The summed E-state index contributed by atoms with van der Waals surface area (Å²) in [5.41, 5.74) is -1.82. The van der Waals surface area contributed by atoms with Crippen molar-refractivity contribution in [3.05, 3.63) is 63.1 Å². The Morgan fingerprint density at radius 1 is 0.963 bits per heavy atom. The molecule has 0 spiro atoms. The summed E-state index contributed by atoms with van der Waals surface area (Å²) in [7, 11) is 0. The molecule has 3 rings (SSSR count). The van der Waals surface area contributed by atoms with Gasteiger partial charge in [0, 0.05) is 11.9 Å². The normalized spacial score (nSPS) is 12.4. The highest BCUT2D eigenvalue weighted by atomic mass is 79.9. The molecule has 0 aliphatic carbocycles. The molecule has 0 radical (unpaired) electrons. The Bertz CT molecular complexity index is 1060. The quantitative estimate of drug-likeness (QED) is 0.510. The van der Waals surface area contributed by atoms with Crippen molar-refractivity contribution in [2.75, 3.05) is 0 Å². The molecule has 0 amide bonds. The molecule has 0 aliphatic rings. The summed E-state index contributed by atoms with van der Waals surface area (Å²) in [4.78, 5) is 16.0. The minimum absolute atomic E-state index is 0.0898. The van der Waals surface area contributed by atoms with Gasteiger partial charge in [-0.25, -0.2) is 4.98 Å². The van der Waals surface area contributed by atoms with Crippen LogP contribution in [0.4, 0.5) is 26.3 Å². The summed E-state index contributed by atoms with van der Waals surface area (Å²) in [6.07, 6.45) is -8.33. The molecule has 142 valence electrons. The third-order valence-electron chi connectivity index (χ3n) is 3.45. The smallest absolute Gasteiger partial charge is 0.406 e. The number of ether oxygens (including phenoxy) is 1. The van der Waals surface area contributed by atoms with E-state index in [-0.39, 0.29) is 21.1 Å². The Hall–Kier alpha value is -2.56. The molecule has 1 aromatic carbocycles. The zero-order valence-corrected chi connectivity index (χ0v) is 14.5. The summed E-state index contributed by atoms with van der Waals surface area (Å²) in [5, 5.41) is -0.0898. The maximum absolute atomic E-state index is 12.8. The maximum atomic E-state index is 12.8. The van der Waals surface area contributed by atoms with Crippen LogP contribution in [0.25, 0.3) is 16.6 Å². The van der Waals surface area contributed by atoms with Gasteiger partial charge in [-0.05, 0) is 52.3 Å². The average Bonchev–Trinajstić information content (AvgIpc) is 2.56. The molecule has 2 heterocycles. The third-order valence-corrected chi connectivity index (χ3v) is 4.03. The van der Waals surface area contributed by atoms with Gasteiger partial charge in [0.25, 0.3) is 5.56 Å². The molecule has 0 saturated carbocycles. The van der Waals surface area contributed by atoms with E-state index in [4.69, 9.17) is 0 Å². The second kappa shape index (κ2) is 6.55. The number of alkyl halides is 6. The Kier molecular flexibility index (Phi) is 4.66. The summed E-state index contributed by atoms with van der Waals surface area (Å²) >= 11 is 3.07. The van der Waals surface area contributed by atoms with E-state index in [1.807, 2.05) is 0 Å². The standard InChI is InChI=1S/C16H7BrF6N2O2/c17-11-7-25(8-1-3-9(4-2-8)27-16(21,22)23)14(26)10-5-6-12(15(18,19)20)24-13(10)11/h1-7H. The van der Waals surface area contributed by atoms with Crippen LogP contribution in [-0.2, 0) is 6.18 Å². The van der Waals surface area contributed by atoms with Gasteiger partial charge < -0.3 is 4.74 Å². The first kappa shape index (κ1) is 19.2. The Balaban J connectivity index is 2.08. The maximum Gasteiger partial charge on any atom is 0.573 e. The minimum atomic E-state index is -4.85. The van der Waals surface area contributed by atoms with Crippen molar-refractivity contribution in [3.8, 4) is 11.4 Å². The molecular formula is C16H7BrF6N2O2. The molecule has 3 aromatic rings. The number of fused-ring (bicyclic) bond motifs is 1. The molecule has 11 heteroatoms. The van der Waals surface area contributed by atoms with Crippen LogP contribution in [0.2, 0.25) is 0 Å². The van der Waals surface area contributed by atoms with Crippen LogP contribution in [0.3, 0.4) is 0 Å². The second-order valence-corrected chi connectivity index (χ2v) is 6.14. The summed E-state index contributed by atoms with van der Waals surface area (Å²) in [5.74, 6) is -0.476. The summed E-state index contributed by atoms with van der Waals surface area (Å²) in [6, 6.07) is 6.11. The highest BCUT2D eigenvalue weighted by Gasteiger charge is 2.33. The van der Waals surface area contributed by atoms with E-state index in [0.29, 0.717) is 6.07 Å². The van der Waals surface area contributed by atoms with E-state index in [1.165, 1.54) is 18.3 Å². The average molecular weight is 453 g/mol. The fourth-order valence-electron chi connectivity index (χ4n) is 2.33. The molecule has 0 N–H and O–H groups in total. The lowest BCUT2D eigenvalue weighted by atomic mass is 10.2. The van der Waals surface area contributed by atoms with Gasteiger partial charge in [-0.15, -0.1) is 13.2 Å². The largest absolute Gasteiger partial charge is 0.573 e. The zero-order chi connectivity index (χ0) is 20.0. The van der Waals surface area contributed by atoms with Crippen molar-refractivity contribution in [1.29, 1.82) is 0 Å². The number of rotatable bonds is 2. The fraction of sp³-hybridized carbons (Fsp3) is 0.125. The van der Waals surface area contributed by atoms with Crippen molar-refractivity contribution in [1.82, 2.24) is 9.55 Å². The molecule has 0 atom stereocenters. The van der Waals surface area contributed by atoms with Crippen LogP contribution in [0.15, 0.2) is 51.9 Å². The molecule has 2 aromatic heterocycles. The predicted octanol–water partition coefficient (Wildman–Crippen LogP) is 5.07. The first-order valence-corrected chi connectivity index (χ1v) is 7.90. The van der Waals surface area contributed by atoms with Gasteiger partial charge in [0.2, 0.25) is 0 Å². The van der Waals surface area contributed by atoms with Crippen LogP contribution >= 0.6 is 15.9 Å². The van der Waals surface area contributed by atoms with Gasteiger partial charge in [0.1, 0.15) is 11.4 Å². The Labute approximate surface area is 155 Å². The van der Waals surface area contributed by atoms with E-state index in [1.54, 1.807) is 0 Å². The van der Waals surface area contributed by atoms with Crippen LogP contribution in [-0.4, -0.2) is 15.9 Å². The van der Waals surface area contributed by atoms with Gasteiger partial charge in [-0.1, -0.05) is 0 Å². The Morgan fingerprint density at radius 2 is 1.59 bits per heavy atom. The fourth-order valence-corrected chi connectivity index (χ4v) is 2.84. The lowest BCUT2D eigenvalue weighted by molar-refractivity contribution is -0.274. The molecule has 0 fully saturated rings. The number of hydrogen-bond donors (Lipinski definition) is 0.